The molecule has 5 heteroatoms. The number of aromatic nitrogens is 1. The van der Waals surface area contributed by atoms with E-state index in [9.17, 15) is 9.18 Å². The standard InChI is InChI=1S/C25H23FN2OS/c1-17-11-18(2)13-21(12-17)27-25(29)16-30-24-15-28(23-6-4-3-5-22(23)24)14-19-7-9-20(26)10-8-19/h3-13,15H,14,16H2,1-2H3,(H,27,29). The van der Waals surface area contributed by atoms with Crippen LogP contribution in [-0.4, -0.2) is 16.2 Å². The number of carbonyl (C=O) groups excluding carboxylic acids is 1. The van der Waals surface area contributed by atoms with Crippen molar-refractivity contribution in [1.29, 1.82) is 0 Å². The van der Waals surface area contributed by atoms with Gasteiger partial charge >= 0.3 is 0 Å². The molecule has 3 aromatic carbocycles. The van der Waals surface area contributed by atoms with Gasteiger partial charge in [0.25, 0.3) is 0 Å². The molecule has 0 aliphatic heterocycles. The minimum absolute atomic E-state index is 0.0274. The number of fused-ring (bicyclic) bond motifs is 1. The van der Waals surface area contributed by atoms with E-state index >= 15 is 0 Å². The minimum Gasteiger partial charge on any atom is -0.342 e. The van der Waals surface area contributed by atoms with Crippen LogP contribution in [0.4, 0.5) is 10.1 Å². The summed E-state index contributed by atoms with van der Waals surface area (Å²) >= 11 is 1.53. The zero-order valence-electron chi connectivity index (χ0n) is 17.0. The largest absolute Gasteiger partial charge is 0.342 e. The molecule has 30 heavy (non-hydrogen) atoms. The molecular formula is C25H23FN2OS. The SMILES string of the molecule is Cc1cc(C)cc(NC(=O)CSc2cn(Cc3ccc(F)cc3)c3ccccc23)c1. The van der Waals surface area contributed by atoms with Gasteiger partial charge in [-0.05, 0) is 60.9 Å². The maximum Gasteiger partial charge on any atom is 0.234 e. The van der Waals surface area contributed by atoms with Gasteiger partial charge in [-0.2, -0.15) is 0 Å². The minimum atomic E-state index is -0.234. The van der Waals surface area contributed by atoms with Crippen molar-refractivity contribution >= 4 is 34.3 Å². The van der Waals surface area contributed by atoms with E-state index in [4.69, 9.17) is 0 Å². The van der Waals surface area contributed by atoms with Crippen LogP contribution in [0, 0.1) is 19.7 Å². The number of hydrogen-bond donors (Lipinski definition) is 1. The van der Waals surface area contributed by atoms with Gasteiger partial charge < -0.3 is 9.88 Å². The van der Waals surface area contributed by atoms with Crippen LogP contribution >= 0.6 is 11.8 Å². The molecule has 1 N–H and O–H groups in total. The Balaban J connectivity index is 1.50. The monoisotopic (exact) mass is 418 g/mol. The Morgan fingerprint density at radius 2 is 1.70 bits per heavy atom. The Kier molecular flexibility index (Phi) is 5.91. The Hall–Kier alpha value is -3.05. The van der Waals surface area contributed by atoms with Gasteiger partial charge in [-0.25, -0.2) is 4.39 Å². The number of para-hydroxylation sites is 1. The van der Waals surface area contributed by atoms with Crippen molar-refractivity contribution in [3.63, 3.8) is 0 Å². The molecule has 3 nitrogen and oxygen atoms in total. The van der Waals surface area contributed by atoms with Crippen LogP contribution in [0.2, 0.25) is 0 Å². The average molecular weight is 419 g/mol. The number of anilines is 1. The van der Waals surface area contributed by atoms with Gasteiger partial charge in [0, 0.05) is 34.2 Å². The number of nitrogens with one attached hydrogen (secondary N) is 1. The Labute approximate surface area is 179 Å². The summed E-state index contributed by atoms with van der Waals surface area (Å²) in [6.45, 7) is 4.69. The highest BCUT2D eigenvalue weighted by Crippen LogP contribution is 2.30. The second-order valence-corrected chi connectivity index (χ2v) is 8.50. The van der Waals surface area contributed by atoms with Gasteiger partial charge in [-0.3, -0.25) is 4.79 Å². The Morgan fingerprint density at radius 1 is 1.00 bits per heavy atom. The number of thioether (sulfide) groups is 1. The van der Waals surface area contributed by atoms with E-state index in [1.807, 2.05) is 38.1 Å². The fourth-order valence-electron chi connectivity index (χ4n) is 3.63. The molecule has 4 aromatic rings. The first kappa shape index (κ1) is 20.2. The summed E-state index contributed by atoms with van der Waals surface area (Å²) in [7, 11) is 0. The predicted octanol–water partition coefficient (Wildman–Crippen LogP) is 6.18. The number of amides is 1. The van der Waals surface area contributed by atoms with E-state index in [0.29, 0.717) is 12.3 Å². The van der Waals surface area contributed by atoms with Crippen LogP contribution in [0.15, 0.2) is 77.8 Å². The molecule has 0 fully saturated rings. The molecule has 0 atom stereocenters. The lowest BCUT2D eigenvalue weighted by Gasteiger charge is -2.07. The summed E-state index contributed by atoms with van der Waals surface area (Å²) in [5.41, 5.74) is 5.21. The fourth-order valence-corrected chi connectivity index (χ4v) is 4.52. The average Bonchev–Trinajstić information content (AvgIpc) is 3.05. The van der Waals surface area contributed by atoms with E-state index in [-0.39, 0.29) is 11.7 Å². The van der Waals surface area contributed by atoms with E-state index in [1.165, 1.54) is 23.9 Å². The second kappa shape index (κ2) is 8.76. The molecule has 0 saturated carbocycles. The van der Waals surface area contributed by atoms with Crippen molar-refractivity contribution in [2.45, 2.75) is 25.3 Å². The molecule has 0 spiro atoms. The highest BCUT2D eigenvalue weighted by atomic mass is 32.2. The highest BCUT2D eigenvalue weighted by molar-refractivity contribution is 8.00. The van der Waals surface area contributed by atoms with E-state index in [1.54, 1.807) is 12.1 Å². The molecule has 1 aromatic heterocycles. The summed E-state index contributed by atoms with van der Waals surface area (Å²) in [6, 6.07) is 20.7. The fraction of sp³-hybridized carbons (Fsp3) is 0.160. The number of carbonyl (C=O) groups is 1. The molecule has 0 saturated heterocycles. The van der Waals surface area contributed by atoms with Crippen molar-refractivity contribution in [2.75, 3.05) is 11.1 Å². The zero-order valence-corrected chi connectivity index (χ0v) is 17.8. The van der Waals surface area contributed by atoms with Gasteiger partial charge in [-0.15, -0.1) is 11.8 Å². The maximum atomic E-state index is 13.2. The van der Waals surface area contributed by atoms with Crippen LogP contribution in [-0.2, 0) is 11.3 Å². The molecule has 4 rings (SSSR count). The van der Waals surface area contributed by atoms with Gasteiger partial charge in [0.1, 0.15) is 5.82 Å². The summed E-state index contributed by atoms with van der Waals surface area (Å²) < 4.78 is 15.4. The molecule has 0 unspecified atom stereocenters. The quantitative estimate of drug-likeness (QED) is 0.380. The first-order valence-corrected chi connectivity index (χ1v) is 10.8. The topological polar surface area (TPSA) is 34.0 Å². The first-order chi connectivity index (χ1) is 14.5. The normalized spacial score (nSPS) is 11.0. The van der Waals surface area contributed by atoms with Gasteiger partial charge in [0.05, 0.1) is 5.75 Å². The smallest absolute Gasteiger partial charge is 0.234 e. The molecular weight excluding hydrogens is 395 g/mol. The molecule has 1 amide bonds. The number of halogens is 1. The molecule has 152 valence electrons. The van der Waals surface area contributed by atoms with Gasteiger partial charge in [0.15, 0.2) is 0 Å². The van der Waals surface area contributed by atoms with E-state index < -0.39 is 0 Å². The molecule has 0 aliphatic rings. The third-order valence-corrected chi connectivity index (χ3v) is 5.93. The van der Waals surface area contributed by atoms with Crippen LogP contribution < -0.4 is 5.32 Å². The second-order valence-electron chi connectivity index (χ2n) is 7.48. The summed E-state index contributed by atoms with van der Waals surface area (Å²) in [5.74, 6) is 0.0694. The molecule has 0 aliphatic carbocycles. The number of nitrogens with zero attached hydrogens (tertiary/aromatic N) is 1. The highest BCUT2D eigenvalue weighted by Gasteiger charge is 2.12. The lowest BCUT2D eigenvalue weighted by Crippen LogP contribution is -2.14. The number of hydrogen-bond acceptors (Lipinski definition) is 2. The van der Waals surface area contributed by atoms with Crippen molar-refractivity contribution in [1.82, 2.24) is 4.57 Å². The van der Waals surface area contributed by atoms with Crippen LogP contribution in [0.5, 0.6) is 0 Å². The van der Waals surface area contributed by atoms with Crippen molar-refractivity contribution in [3.8, 4) is 0 Å². The van der Waals surface area contributed by atoms with Crippen molar-refractivity contribution in [2.24, 2.45) is 0 Å². The zero-order chi connectivity index (χ0) is 21.1. The lowest BCUT2D eigenvalue weighted by atomic mass is 10.1. The third kappa shape index (κ3) is 4.74. The molecule has 0 radical (unpaired) electrons. The Morgan fingerprint density at radius 3 is 2.43 bits per heavy atom. The van der Waals surface area contributed by atoms with Crippen LogP contribution in [0.3, 0.4) is 0 Å². The number of benzene rings is 3. The van der Waals surface area contributed by atoms with E-state index in [0.717, 1.165) is 38.2 Å². The lowest BCUT2D eigenvalue weighted by molar-refractivity contribution is -0.113. The van der Waals surface area contributed by atoms with E-state index in [2.05, 4.69) is 34.3 Å². The molecule has 0 bridgehead atoms. The number of aryl methyl sites for hydroxylation is 2. The predicted molar refractivity (Wildman–Crippen MR) is 123 cm³/mol. The van der Waals surface area contributed by atoms with Crippen LogP contribution in [0.1, 0.15) is 16.7 Å². The maximum absolute atomic E-state index is 13.2. The first-order valence-electron chi connectivity index (χ1n) is 9.81. The Bertz CT molecular complexity index is 1180. The third-order valence-electron chi connectivity index (χ3n) is 4.88. The molecule has 1 heterocycles. The van der Waals surface area contributed by atoms with Crippen LogP contribution in [0.25, 0.3) is 10.9 Å². The number of rotatable bonds is 6. The summed E-state index contributed by atoms with van der Waals surface area (Å²) in [5, 5.41) is 4.11. The van der Waals surface area contributed by atoms with Gasteiger partial charge in [0.2, 0.25) is 5.91 Å². The van der Waals surface area contributed by atoms with Crippen molar-refractivity contribution in [3.05, 3.63) is 95.4 Å². The van der Waals surface area contributed by atoms with Gasteiger partial charge in [-0.1, -0.05) is 36.4 Å². The summed E-state index contributed by atoms with van der Waals surface area (Å²) in [6.07, 6.45) is 2.07. The van der Waals surface area contributed by atoms with Crippen molar-refractivity contribution < 1.29 is 9.18 Å². The summed E-state index contributed by atoms with van der Waals surface area (Å²) in [4.78, 5) is 13.6.